The van der Waals surface area contributed by atoms with Gasteiger partial charge in [-0.25, -0.2) is 9.18 Å². The number of halogens is 1. The van der Waals surface area contributed by atoms with Crippen molar-refractivity contribution in [1.82, 2.24) is 5.43 Å². The Hall–Kier alpha value is -2.89. The monoisotopic (exact) mass is 327 g/mol. The number of hydrazone groups is 1. The molecule has 0 fully saturated rings. The molecule has 0 radical (unpaired) electrons. The van der Waals surface area contributed by atoms with E-state index in [9.17, 15) is 14.3 Å². The summed E-state index contributed by atoms with van der Waals surface area (Å²) in [4.78, 5) is 13.9. The summed E-state index contributed by atoms with van der Waals surface area (Å²) < 4.78 is 13.3. The molecule has 0 aliphatic carbocycles. The van der Waals surface area contributed by atoms with Crippen molar-refractivity contribution in [3.8, 4) is 0 Å². The van der Waals surface area contributed by atoms with Gasteiger partial charge in [-0.05, 0) is 44.0 Å². The minimum absolute atomic E-state index is 0.402. The number of nitrogens with one attached hydrogen (secondary N) is 1. The molecule has 0 saturated carbocycles. The molecule has 0 spiro atoms. The quantitative estimate of drug-likeness (QED) is 0.909. The Kier molecular flexibility index (Phi) is 3.75. The van der Waals surface area contributed by atoms with Gasteiger partial charge in [-0.2, -0.15) is 5.10 Å². The fourth-order valence-electron chi connectivity index (χ4n) is 3.14. The first-order chi connectivity index (χ1) is 11.4. The van der Waals surface area contributed by atoms with Gasteiger partial charge in [-0.1, -0.05) is 30.3 Å². The molecule has 2 aromatic carbocycles. The van der Waals surface area contributed by atoms with E-state index < -0.39 is 17.4 Å². The molecular weight excluding hydrogens is 309 g/mol. The number of nitrogens with zero attached hydrogens (tertiary/aromatic N) is 2. The van der Waals surface area contributed by atoms with E-state index in [2.05, 4.69) is 10.5 Å². The lowest BCUT2D eigenvalue weighted by atomic mass is 9.95. The number of carboxylic acid groups (broad SMARTS) is 1. The van der Waals surface area contributed by atoms with Crippen molar-refractivity contribution >= 4 is 17.5 Å². The Labute approximate surface area is 139 Å². The highest BCUT2D eigenvalue weighted by atomic mass is 19.1. The fourth-order valence-corrected chi connectivity index (χ4v) is 3.14. The van der Waals surface area contributed by atoms with Crippen molar-refractivity contribution in [2.45, 2.75) is 26.4 Å². The van der Waals surface area contributed by atoms with Gasteiger partial charge in [0, 0.05) is 5.56 Å². The lowest BCUT2D eigenvalue weighted by Crippen LogP contribution is -2.57. The summed E-state index contributed by atoms with van der Waals surface area (Å²) in [5.74, 6) is -1.01. The number of carboxylic acids is 1. The molecule has 124 valence electrons. The highest BCUT2D eigenvalue weighted by Gasteiger charge is 2.52. The van der Waals surface area contributed by atoms with E-state index in [0.29, 0.717) is 11.4 Å². The lowest BCUT2D eigenvalue weighted by molar-refractivity contribution is -0.144. The molecule has 24 heavy (non-hydrogen) atoms. The largest absolute Gasteiger partial charge is 0.478 e. The van der Waals surface area contributed by atoms with E-state index in [0.717, 1.165) is 16.8 Å². The summed E-state index contributed by atoms with van der Waals surface area (Å²) in [7, 11) is 0. The summed E-state index contributed by atoms with van der Waals surface area (Å²) in [5, 5.41) is 14.2. The van der Waals surface area contributed by atoms with Gasteiger partial charge in [0.05, 0.1) is 5.69 Å². The first-order valence-corrected chi connectivity index (χ1v) is 7.55. The minimum atomic E-state index is -1.62. The second kappa shape index (κ2) is 5.63. The molecular formula is C18H18FN3O2. The summed E-state index contributed by atoms with van der Waals surface area (Å²) in [6, 6.07) is 11.2. The number of hydrogen-bond donors (Lipinski definition) is 2. The normalized spacial score (nSPS) is 19.8. The van der Waals surface area contributed by atoms with Crippen LogP contribution in [0, 0.1) is 19.7 Å². The van der Waals surface area contributed by atoms with Crippen LogP contribution < -0.4 is 10.3 Å². The van der Waals surface area contributed by atoms with E-state index in [1.54, 1.807) is 11.8 Å². The van der Waals surface area contributed by atoms with Crippen molar-refractivity contribution in [2.24, 2.45) is 5.10 Å². The van der Waals surface area contributed by atoms with Crippen molar-refractivity contribution in [2.75, 3.05) is 4.90 Å². The lowest BCUT2D eigenvalue weighted by Gasteiger charge is -2.37. The predicted molar refractivity (Wildman–Crippen MR) is 90.4 cm³/mol. The topological polar surface area (TPSA) is 64.9 Å². The molecule has 0 amide bonds. The molecule has 3 rings (SSSR count). The molecule has 0 bridgehead atoms. The maximum Gasteiger partial charge on any atom is 0.357 e. The van der Waals surface area contributed by atoms with Gasteiger partial charge < -0.3 is 5.11 Å². The zero-order chi connectivity index (χ0) is 17.5. The van der Waals surface area contributed by atoms with Gasteiger partial charge >= 0.3 is 5.97 Å². The molecule has 2 aromatic rings. The highest BCUT2D eigenvalue weighted by Crippen LogP contribution is 2.38. The number of anilines is 1. The molecule has 0 saturated heterocycles. The van der Waals surface area contributed by atoms with Crippen molar-refractivity contribution < 1.29 is 14.3 Å². The van der Waals surface area contributed by atoms with E-state index in [1.807, 2.05) is 32.0 Å². The number of rotatable bonds is 3. The molecule has 1 aliphatic heterocycles. The summed E-state index contributed by atoms with van der Waals surface area (Å²) in [5.41, 5.74) is 4.17. The summed E-state index contributed by atoms with van der Waals surface area (Å²) in [6.45, 7) is 5.59. The number of aryl methyl sites for hydroxylation is 2. The van der Waals surface area contributed by atoms with Crippen LogP contribution in [0.2, 0.25) is 0 Å². The van der Waals surface area contributed by atoms with Crippen LogP contribution in [0.5, 0.6) is 0 Å². The van der Waals surface area contributed by atoms with E-state index in [4.69, 9.17) is 0 Å². The third-order valence-corrected chi connectivity index (χ3v) is 4.27. The van der Waals surface area contributed by atoms with Crippen LogP contribution in [-0.2, 0) is 10.5 Å². The standard InChI is InChI=1S/C18H18FN3O2/c1-11-5-4-6-12(2)16(11)22-13(3)20-21-18(22,17(23)24)14-7-9-15(19)10-8-14/h4-10,21H,1-3H3,(H,23,24). The minimum Gasteiger partial charge on any atom is -0.478 e. The van der Waals surface area contributed by atoms with Crippen molar-refractivity contribution in [1.29, 1.82) is 0 Å². The summed E-state index contributed by atoms with van der Waals surface area (Å²) in [6.07, 6.45) is 0. The molecule has 1 aliphatic rings. The van der Waals surface area contributed by atoms with Crippen LogP contribution in [0.3, 0.4) is 0 Å². The van der Waals surface area contributed by atoms with Crippen LogP contribution in [0.1, 0.15) is 23.6 Å². The van der Waals surface area contributed by atoms with Crippen LogP contribution >= 0.6 is 0 Å². The van der Waals surface area contributed by atoms with Crippen LogP contribution in [-0.4, -0.2) is 16.9 Å². The SMILES string of the molecule is CC1=NNC(C(=O)O)(c2ccc(F)cc2)N1c1c(C)cccc1C. The average molecular weight is 327 g/mol. The number of hydrogen-bond acceptors (Lipinski definition) is 4. The zero-order valence-electron chi connectivity index (χ0n) is 13.7. The smallest absolute Gasteiger partial charge is 0.357 e. The number of para-hydroxylation sites is 1. The number of amidine groups is 1. The van der Waals surface area contributed by atoms with E-state index in [1.165, 1.54) is 24.3 Å². The fraction of sp³-hybridized carbons (Fsp3) is 0.222. The third kappa shape index (κ3) is 2.22. The van der Waals surface area contributed by atoms with Gasteiger partial charge in [0.2, 0.25) is 0 Å². The predicted octanol–water partition coefficient (Wildman–Crippen LogP) is 3.12. The van der Waals surface area contributed by atoms with Gasteiger partial charge in [-0.15, -0.1) is 0 Å². The van der Waals surface area contributed by atoms with Gasteiger partial charge in [0.25, 0.3) is 5.66 Å². The third-order valence-electron chi connectivity index (χ3n) is 4.27. The Morgan fingerprint density at radius 2 is 1.71 bits per heavy atom. The first-order valence-electron chi connectivity index (χ1n) is 7.55. The average Bonchev–Trinajstić information content (AvgIpc) is 2.87. The summed E-state index contributed by atoms with van der Waals surface area (Å²) >= 11 is 0. The van der Waals surface area contributed by atoms with Crippen LogP contribution in [0.25, 0.3) is 0 Å². The molecule has 2 N–H and O–H groups in total. The Morgan fingerprint density at radius 3 is 2.25 bits per heavy atom. The van der Waals surface area contributed by atoms with Crippen molar-refractivity contribution in [3.63, 3.8) is 0 Å². The Balaban J connectivity index is 2.26. The maximum atomic E-state index is 13.3. The van der Waals surface area contributed by atoms with Gasteiger partial charge in [-0.3, -0.25) is 10.3 Å². The Bertz CT molecular complexity index is 812. The first kappa shape index (κ1) is 16.0. The molecule has 1 atom stereocenters. The molecule has 1 heterocycles. The molecule has 6 heteroatoms. The highest BCUT2D eigenvalue weighted by molar-refractivity contribution is 6.06. The van der Waals surface area contributed by atoms with Crippen molar-refractivity contribution in [3.05, 3.63) is 65.0 Å². The number of benzene rings is 2. The number of carbonyl (C=O) groups is 1. The second-order valence-corrected chi connectivity index (χ2v) is 5.87. The Morgan fingerprint density at radius 1 is 1.12 bits per heavy atom. The maximum absolute atomic E-state index is 13.3. The molecule has 0 aromatic heterocycles. The molecule has 5 nitrogen and oxygen atoms in total. The van der Waals surface area contributed by atoms with E-state index in [-0.39, 0.29) is 0 Å². The molecule has 1 unspecified atom stereocenters. The van der Waals surface area contributed by atoms with Gasteiger partial charge in [0.1, 0.15) is 11.7 Å². The zero-order valence-corrected chi connectivity index (χ0v) is 13.7. The van der Waals surface area contributed by atoms with E-state index >= 15 is 0 Å². The van der Waals surface area contributed by atoms with Crippen LogP contribution in [0.4, 0.5) is 10.1 Å². The second-order valence-electron chi connectivity index (χ2n) is 5.87. The van der Waals surface area contributed by atoms with Crippen LogP contribution in [0.15, 0.2) is 47.6 Å². The van der Waals surface area contributed by atoms with Gasteiger partial charge in [0.15, 0.2) is 0 Å². The number of aliphatic carboxylic acids is 1.